The van der Waals surface area contributed by atoms with Gasteiger partial charge in [-0.05, 0) is 37.5 Å². The number of hydrogen-bond acceptors (Lipinski definition) is 2. The second kappa shape index (κ2) is 5.05. The molecule has 2 aliphatic rings. The first-order chi connectivity index (χ1) is 7.66. The molecule has 1 aliphatic heterocycles. The molecule has 16 heavy (non-hydrogen) atoms. The van der Waals surface area contributed by atoms with Gasteiger partial charge in [0.25, 0.3) is 0 Å². The van der Waals surface area contributed by atoms with Gasteiger partial charge in [0, 0.05) is 12.6 Å². The largest absolute Gasteiger partial charge is 0.372 e. The smallest absolute Gasteiger partial charge is 0.0840 e. The highest BCUT2D eigenvalue weighted by Crippen LogP contribution is 2.42. The van der Waals surface area contributed by atoms with Crippen molar-refractivity contribution in [2.75, 3.05) is 13.2 Å². The lowest BCUT2D eigenvalue weighted by molar-refractivity contribution is -0.138. The van der Waals surface area contributed by atoms with E-state index in [0.29, 0.717) is 6.04 Å². The molecule has 94 valence electrons. The maximum Gasteiger partial charge on any atom is 0.0840 e. The van der Waals surface area contributed by atoms with Crippen LogP contribution in [0.3, 0.4) is 0 Å². The minimum atomic E-state index is 0.158. The van der Waals surface area contributed by atoms with Crippen LogP contribution < -0.4 is 5.32 Å². The first-order valence-corrected chi connectivity index (χ1v) is 7.03. The minimum Gasteiger partial charge on any atom is -0.372 e. The number of morpholine rings is 1. The van der Waals surface area contributed by atoms with Gasteiger partial charge >= 0.3 is 0 Å². The number of hydrogen-bond donors (Lipinski definition) is 1. The van der Waals surface area contributed by atoms with E-state index in [0.717, 1.165) is 25.0 Å². The summed E-state index contributed by atoms with van der Waals surface area (Å²) < 4.78 is 6.25. The van der Waals surface area contributed by atoms with Crippen molar-refractivity contribution in [3.63, 3.8) is 0 Å². The highest BCUT2D eigenvalue weighted by atomic mass is 16.5. The summed E-state index contributed by atoms with van der Waals surface area (Å²) in [4.78, 5) is 0. The van der Waals surface area contributed by atoms with Crippen LogP contribution in [0.2, 0.25) is 0 Å². The first-order valence-electron chi connectivity index (χ1n) is 7.03. The van der Waals surface area contributed by atoms with Crippen LogP contribution in [-0.4, -0.2) is 24.8 Å². The summed E-state index contributed by atoms with van der Waals surface area (Å²) in [6.45, 7) is 8.99. The van der Waals surface area contributed by atoms with E-state index in [1.54, 1.807) is 0 Å². The highest BCUT2D eigenvalue weighted by molar-refractivity contribution is 5.00. The normalized spacial score (nSPS) is 44.8. The third kappa shape index (κ3) is 2.43. The molecule has 1 aliphatic carbocycles. The van der Waals surface area contributed by atoms with E-state index in [9.17, 15) is 0 Å². The third-order valence-corrected chi connectivity index (χ3v) is 4.29. The van der Waals surface area contributed by atoms with Crippen LogP contribution in [0.4, 0.5) is 0 Å². The first kappa shape index (κ1) is 12.4. The fraction of sp³-hybridized carbons (Fsp3) is 1.00. The Balaban J connectivity index is 2.11. The molecule has 0 bridgehead atoms. The van der Waals surface area contributed by atoms with Crippen LogP contribution in [0, 0.1) is 11.8 Å². The van der Waals surface area contributed by atoms with Gasteiger partial charge in [-0.1, -0.05) is 27.2 Å². The summed E-state index contributed by atoms with van der Waals surface area (Å²) in [7, 11) is 0. The molecule has 1 heterocycles. The topological polar surface area (TPSA) is 21.3 Å². The zero-order chi connectivity index (χ0) is 11.6. The van der Waals surface area contributed by atoms with Crippen LogP contribution in [0.1, 0.15) is 52.9 Å². The molecule has 3 atom stereocenters. The van der Waals surface area contributed by atoms with Crippen molar-refractivity contribution in [3.8, 4) is 0 Å². The predicted octanol–water partition coefficient (Wildman–Crippen LogP) is 2.97. The fourth-order valence-electron chi connectivity index (χ4n) is 3.95. The van der Waals surface area contributed by atoms with Crippen molar-refractivity contribution >= 4 is 0 Å². The Hall–Kier alpha value is -0.0800. The molecule has 0 radical (unpaired) electrons. The monoisotopic (exact) mass is 225 g/mol. The highest BCUT2D eigenvalue weighted by Gasteiger charge is 2.45. The summed E-state index contributed by atoms with van der Waals surface area (Å²) in [6.07, 6.45) is 6.42. The van der Waals surface area contributed by atoms with E-state index in [1.165, 1.54) is 32.1 Å². The molecular formula is C14H27NO. The van der Waals surface area contributed by atoms with Gasteiger partial charge < -0.3 is 10.1 Å². The van der Waals surface area contributed by atoms with Gasteiger partial charge in [0.05, 0.1) is 12.2 Å². The Labute approximate surface area is 100 Å². The molecule has 2 fully saturated rings. The van der Waals surface area contributed by atoms with Crippen molar-refractivity contribution in [3.05, 3.63) is 0 Å². The summed E-state index contributed by atoms with van der Waals surface area (Å²) >= 11 is 0. The van der Waals surface area contributed by atoms with Gasteiger partial charge in [0.1, 0.15) is 0 Å². The SMILES string of the molecule is CCCC1NCCOC12CC(C)CC(C)C2. The van der Waals surface area contributed by atoms with E-state index in [-0.39, 0.29) is 5.60 Å². The Morgan fingerprint density at radius 2 is 1.94 bits per heavy atom. The second-order valence-corrected chi connectivity index (χ2v) is 6.06. The maximum absolute atomic E-state index is 6.25. The molecule has 1 saturated heterocycles. The molecule has 0 aromatic rings. The summed E-state index contributed by atoms with van der Waals surface area (Å²) in [6, 6.07) is 0.594. The van der Waals surface area contributed by atoms with Crippen molar-refractivity contribution in [1.82, 2.24) is 5.32 Å². The van der Waals surface area contributed by atoms with E-state index in [1.807, 2.05) is 0 Å². The average molecular weight is 225 g/mol. The average Bonchev–Trinajstić information content (AvgIpc) is 2.20. The Kier molecular flexibility index (Phi) is 3.91. The van der Waals surface area contributed by atoms with Crippen molar-refractivity contribution < 1.29 is 4.74 Å². The van der Waals surface area contributed by atoms with Gasteiger partial charge in [-0.15, -0.1) is 0 Å². The molecule has 3 unspecified atom stereocenters. The Morgan fingerprint density at radius 3 is 2.56 bits per heavy atom. The predicted molar refractivity (Wildman–Crippen MR) is 67.6 cm³/mol. The maximum atomic E-state index is 6.25. The molecule has 2 nitrogen and oxygen atoms in total. The van der Waals surface area contributed by atoms with Crippen molar-refractivity contribution in [1.29, 1.82) is 0 Å². The molecule has 1 spiro atoms. The van der Waals surface area contributed by atoms with Crippen molar-refractivity contribution in [2.45, 2.75) is 64.5 Å². The van der Waals surface area contributed by atoms with E-state index < -0.39 is 0 Å². The van der Waals surface area contributed by atoms with Crippen LogP contribution in [-0.2, 0) is 4.74 Å². The summed E-state index contributed by atoms with van der Waals surface area (Å²) in [5.74, 6) is 1.64. The number of ether oxygens (including phenoxy) is 1. The Bertz CT molecular complexity index is 217. The van der Waals surface area contributed by atoms with Gasteiger partial charge in [-0.3, -0.25) is 0 Å². The van der Waals surface area contributed by atoms with Crippen LogP contribution >= 0.6 is 0 Å². The number of rotatable bonds is 2. The third-order valence-electron chi connectivity index (χ3n) is 4.29. The zero-order valence-electron chi connectivity index (χ0n) is 11.1. The Morgan fingerprint density at radius 1 is 1.25 bits per heavy atom. The summed E-state index contributed by atoms with van der Waals surface area (Å²) in [5.41, 5.74) is 0.158. The van der Waals surface area contributed by atoms with E-state index >= 15 is 0 Å². The van der Waals surface area contributed by atoms with Crippen LogP contribution in [0.25, 0.3) is 0 Å². The van der Waals surface area contributed by atoms with E-state index in [4.69, 9.17) is 4.74 Å². The van der Waals surface area contributed by atoms with Gasteiger partial charge in [-0.25, -0.2) is 0 Å². The molecule has 2 heteroatoms. The lowest BCUT2D eigenvalue weighted by Gasteiger charge is -2.50. The summed E-state index contributed by atoms with van der Waals surface area (Å²) in [5, 5.41) is 3.70. The second-order valence-electron chi connectivity index (χ2n) is 6.06. The fourth-order valence-corrected chi connectivity index (χ4v) is 3.95. The molecule has 0 amide bonds. The molecule has 1 saturated carbocycles. The van der Waals surface area contributed by atoms with Crippen LogP contribution in [0.5, 0.6) is 0 Å². The molecule has 0 aromatic heterocycles. The van der Waals surface area contributed by atoms with Crippen molar-refractivity contribution in [2.24, 2.45) is 11.8 Å². The molecule has 1 N–H and O–H groups in total. The van der Waals surface area contributed by atoms with E-state index in [2.05, 4.69) is 26.1 Å². The van der Waals surface area contributed by atoms with Gasteiger partial charge in [0.15, 0.2) is 0 Å². The lowest BCUT2D eigenvalue weighted by atomic mass is 9.69. The minimum absolute atomic E-state index is 0.158. The number of nitrogens with one attached hydrogen (secondary N) is 1. The molecule has 0 aromatic carbocycles. The molecular weight excluding hydrogens is 198 g/mol. The van der Waals surface area contributed by atoms with Gasteiger partial charge in [-0.2, -0.15) is 0 Å². The lowest BCUT2D eigenvalue weighted by Crippen LogP contribution is -2.60. The standard InChI is InChI=1S/C14H27NO/c1-4-5-13-14(16-7-6-15-13)9-11(2)8-12(3)10-14/h11-13,15H,4-10H2,1-3H3. The van der Waals surface area contributed by atoms with Gasteiger partial charge in [0.2, 0.25) is 0 Å². The van der Waals surface area contributed by atoms with Crippen LogP contribution in [0.15, 0.2) is 0 Å². The zero-order valence-corrected chi connectivity index (χ0v) is 11.1. The molecule has 2 rings (SSSR count). The quantitative estimate of drug-likeness (QED) is 0.780.